The lowest BCUT2D eigenvalue weighted by Gasteiger charge is -2.34. The smallest absolute Gasteiger partial charge is 0.233 e. The first-order valence-corrected chi connectivity index (χ1v) is 12.7. The fourth-order valence-corrected chi connectivity index (χ4v) is 6.21. The lowest BCUT2D eigenvalue weighted by atomic mass is 10.1. The Morgan fingerprint density at radius 2 is 2.00 bits per heavy atom. The molecule has 1 aliphatic rings. The predicted octanol–water partition coefficient (Wildman–Crippen LogP) is 2.84. The van der Waals surface area contributed by atoms with Crippen molar-refractivity contribution in [3.05, 3.63) is 71.7 Å². The summed E-state index contributed by atoms with van der Waals surface area (Å²) in [6.45, 7) is 2.61. The first kappa shape index (κ1) is 24.2. The topological polar surface area (TPSA) is 113 Å². The number of hydroxylamine groups is 2. The number of aryl methyl sites for hydroxylation is 1. The Balaban J connectivity index is 1.42. The summed E-state index contributed by atoms with van der Waals surface area (Å²) in [5.41, 5.74) is 3.33. The highest BCUT2D eigenvalue weighted by Gasteiger charge is 2.37. The molecule has 34 heavy (non-hydrogen) atoms. The van der Waals surface area contributed by atoms with Crippen molar-refractivity contribution in [2.45, 2.75) is 37.7 Å². The molecule has 1 saturated heterocycles. The van der Waals surface area contributed by atoms with Gasteiger partial charge in [-0.2, -0.15) is 0 Å². The van der Waals surface area contributed by atoms with E-state index in [0.29, 0.717) is 43.2 Å². The maximum Gasteiger partial charge on any atom is 0.233 e. The SMILES string of the molecule is Cc1cc(COC2CCN(S(=O)(=O)C(CN(O)C=O)c3cccnc3)CC2)c2ccccc2n1. The Bertz CT molecular complexity index is 1230. The van der Waals surface area contributed by atoms with Gasteiger partial charge in [-0.1, -0.05) is 24.3 Å². The van der Waals surface area contributed by atoms with E-state index in [1.807, 2.05) is 37.3 Å². The van der Waals surface area contributed by atoms with E-state index in [1.165, 1.54) is 10.5 Å². The van der Waals surface area contributed by atoms with Gasteiger partial charge in [-0.15, -0.1) is 0 Å². The Morgan fingerprint density at radius 1 is 1.24 bits per heavy atom. The van der Waals surface area contributed by atoms with Crippen LogP contribution in [0.3, 0.4) is 0 Å². The molecule has 4 rings (SSSR count). The van der Waals surface area contributed by atoms with Crippen molar-refractivity contribution in [3.63, 3.8) is 0 Å². The minimum Gasteiger partial charge on any atom is -0.373 e. The summed E-state index contributed by atoms with van der Waals surface area (Å²) in [7, 11) is -3.84. The number of hydrogen-bond acceptors (Lipinski definition) is 7. The van der Waals surface area contributed by atoms with Crippen LogP contribution in [0.4, 0.5) is 0 Å². The normalized spacial score (nSPS) is 16.4. The molecule has 0 radical (unpaired) electrons. The average molecular weight is 485 g/mol. The third-order valence-corrected chi connectivity index (χ3v) is 8.28. The van der Waals surface area contributed by atoms with Crippen LogP contribution in [0.2, 0.25) is 0 Å². The van der Waals surface area contributed by atoms with Crippen LogP contribution < -0.4 is 0 Å². The highest BCUT2D eigenvalue weighted by Crippen LogP contribution is 2.29. The van der Waals surface area contributed by atoms with E-state index < -0.39 is 15.3 Å². The van der Waals surface area contributed by atoms with Gasteiger partial charge in [0.15, 0.2) is 0 Å². The number of sulfonamides is 1. The molecular formula is C24H28N4O5S. The van der Waals surface area contributed by atoms with Crippen molar-refractivity contribution in [3.8, 4) is 0 Å². The summed E-state index contributed by atoms with van der Waals surface area (Å²) in [6, 6.07) is 13.2. The summed E-state index contributed by atoms with van der Waals surface area (Å²) in [6.07, 6.45) is 4.22. The van der Waals surface area contributed by atoms with Crippen LogP contribution in [0.1, 0.15) is 34.9 Å². The van der Waals surface area contributed by atoms with Crippen molar-refractivity contribution < 1.29 is 23.2 Å². The maximum absolute atomic E-state index is 13.4. The molecule has 1 aliphatic heterocycles. The number of rotatable bonds is 9. The molecule has 3 heterocycles. The molecule has 1 N–H and O–H groups in total. The number of pyridine rings is 2. The molecule has 180 valence electrons. The molecule has 1 unspecified atom stereocenters. The lowest BCUT2D eigenvalue weighted by Crippen LogP contribution is -2.44. The van der Waals surface area contributed by atoms with Gasteiger partial charge >= 0.3 is 0 Å². The fourth-order valence-electron chi connectivity index (χ4n) is 4.31. The fraction of sp³-hybridized carbons (Fsp3) is 0.375. The number of aromatic nitrogens is 2. The van der Waals surface area contributed by atoms with E-state index in [9.17, 15) is 18.4 Å². The van der Waals surface area contributed by atoms with Gasteiger partial charge in [-0.25, -0.2) is 17.8 Å². The highest BCUT2D eigenvalue weighted by molar-refractivity contribution is 7.89. The minimum absolute atomic E-state index is 0.0696. The highest BCUT2D eigenvalue weighted by atomic mass is 32.2. The van der Waals surface area contributed by atoms with Crippen LogP contribution in [-0.2, 0) is 26.2 Å². The van der Waals surface area contributed by atoms with E-state index >= 15 is 0 Å². The minimum atomic E-state index is -3.84. The zero-order valence-corrected chi connectivity index (χ0v) is 19.8. The number of ether oxygens (including phenoxy) is 1. The molecule has 2 aromatic heterocycles. The predicted molar refractivity (Wildman–Crippen MR) is 126 cm³/mol. The molecule has 0 aliphatic carbocycles. The monoisotopic (exact) mass is 484 g/mol. The van der Waals surface area contributed by atoms with E-state index in [4.69, 9.17) is 4.74 Å². The Morgan fingerprint density at radius 3 is 2.71 bits per heavy atom. The number of benzene rings is 1. The lowest BCUT2D eigenvalue weighted by molar-refractivity contribution is -0.149. The second kappa shape index (κ2) is 10.6. The number of fused-ring (bicyclic) bond motifs is 1. The Labute approximate surface area is 199 Å². The Hall–Kier alpha value is -2.92. The third kappa shape index (κ3) is 5.41. The van der Waals surface area contributed by atoms with Crippen LogP contribution in [0.25, 0.3) is 10.9 Å². The van der Waals surface area contributed by atoms with Gasteiger partial charge in [-0.05, 0) is 49.1 Å². The number of para-hydroxylation sites is 1. The van der Waals surface area contributed by atoms with Gasteiger partial charge in [0.05, 0.1) is 24.8 Å². The van der Waals surface area contributed by atoms with E-state index in [1.54, 1.807) is 18.3 Å². The maximum atomic E-state index is 13.4. The molecule has 1 fully saturated rings. The van der Waals surface area contributed by atoms with Crippen molar-refractivity contribution in [1.82, 2.24) is 19.3 Å². The van der Waals surface area contributed by atoms with E-state index in [2.05, 4.69) is 9.97 Å². The van der Waals surface area contributed by atoms with Crippen molar-refractivity contribution in [1.29, 1.82) is 0 Å². The molecular weight excluding hydrogens is 456 g/mol. The van der Waals surface area contributed by atoms with Gasteiger partial charge in [0, 0.05) is 36.6 Å². The van der Waals surface area contributed by atoms with Gasteiger partial charge in [0.25, 0.3) is 0 Å². The number of piperidine rings is 1. The zero-order chi connectivity index (χ0) is 24.1. The summed E-state index contributed by atoms with van der Waals surface area (Å²) < 4.78 is 34.4. The quantitative estimate of drug-likeness (QED) is 0.282. The van der Waals surface area contributed by atoms with Crippen LogP contribution in [0.15, 0.2) is 54.9 Å². The van der Waals surface area contributed by atoms with Gasteiger partial charge in [0.1, 0.15) is 5.25 Å². The van der Waals surface area contributed by atoms with Crippen LogP contribution in [0, 0.1) is 6.92 Å². The second-order valence-corrected chi connectivity index (χ2v) is 10.5. The first-order chi connectivity index (χ1) is 16.4. The largest absolute Gasteiger partial charge is 0.373 e. The van der Waals surface area contributed by atoms with Gasteiger partial charge in [0.2, 0.25) is 16.4 Å². The van der Waals surface area contributed by atoms with Crippen molar-refractivity contribution in [2.75, 3.05) is 19.6 Å². The molecule has 1 atom stereocenters. The Kier molecular flexibility index (Phi) is 7.52. The first-order valence-electron chi connectivity index (χ1n) is 11.1. The van der Waals surface area contributed by atoms with Crippen LogP contribution >= 0.6 is 0 Å². The van der Waals surface area contributed by atoms with Gasteiger partial charge < -0.3 is 4.74 Å². The summed E-state index contributed by atoms with van der Waals surface area (Å²) >= 11 is 0. The molecule has 1 amide bonds. The molecule has 1 aromatic carbocycles. The number of carbonyl (C=O) groups is 1. The van der Waals surface area contributed by atoms with Crippen LogP contribution in [0.5, 0.6) is 0 Å². The molecule has 0 bridgehead atoms. The summed E-state index contributed by atoms with van der Waals surface area (Å²) in [5, 5.41) is 10.00. The number of nitrogens with zero attached hydrogens (tertiary/aromatic N) is 4. The van der Waals surface area contributed by atoms with E-state index in [-0.39, 0.29) is 19.1 Å². The molecule has 10 heteroatoms. The number of amides is 1. The zero-order valence-electron chi connectivity index (χ0n) is 18.9. The van der Waals surface area contributed by atoms with Gasteiger partial charge in [-0.3, -0.25) is 20.0 Å². The van der Waals surface area contributed by atoms with Crippen LogP contribution in [-0.4, -0.2) is 65.1 Å². The molecule has 0 spiro atoms. The summed E-state index contributed by atoms with van der Waals surface area (Å²) in [4.78, 5) is 19.5. The van der Waals surface area contributed by atoms with E-state index in [0.717, 1.165) is 22.2 Å². The molecule has 9 nitrogen and oxygen atoms in total. The third-order valence-electron chi connectivity index (χ3n) is 6.06. The number of carbonyl (C=O) groups excluding carboxylic acids is 1. The number of hydrogen-bond donors (Lipinski definition) is 1. The van der Waals surface area contributed by atoms with Crippen molar-refractivity contribution in [2.24, 2.45) is 0 Å². The molecule has 3 aromatic rings. The molecule has 0 saturated carbocycles. The summed E-state index contributed by atoms with van der Waals surface area (Å²) in [5.74, 6) is 0. The standard InChI is InChI=1S/C24H28N4O5S/c1-18-13-20(22-6-2-3-7-23(22)26-18)16-33-21-8-11-28(12-9-21)34(31,32)24(15-27(30)17-29)19-5-4-10-25-14-19/h2-7,10,13-14,17,21,24,30H,8-9,11-12,15-16H2,1H3. The average Bonchev–Trinajstić information content (AvgIpc) is 2.86. The second-order valence-electron chi connectivity index (χ2n) is 8.40. The van der Waals surface area contributed by atoms with Crippen molar-refractivity contribution >= 4 is 27.3 Å².